The summed E-state index contributed by atoms with van der Waals surface area (Å²) in [5, 5.41) is 8.28. The van der Waals surface area contributed by atoms with E-state index in [4.69, 9.17) is 15.2 Å². The van der Waals surface area contributed by atoms with Gasteiger partial charge in [0.1, 0.15) is 5.70 Å². The number of para-hydroxylation sites is 1. The number of carbonyl (C=O) groups is 4. The van der Waals surface area contributed by atoms with Crippen LogP contribution in [0.3, 0.4) is 0 Å². The van der Waals surface area contributed by atoms with Crippen LogP contribution in [0, 0.1) is 0 Å². The molecule has 11 heteroatoms. The summed E-state index contributed by atoms with van der Waals surface area (Å²) in [5.41, 5.74) is 7.53. The molecule has 0 atom stereocenters. The van der Waals surface area contributed by atoms with E-state index in [1.807, 2.05) is 0 Å². The highest BCUT2D eigenvalue weighted by Gasteiger charge is 2.17. The van der Waals surface area contributed by atoms with Crippen LogP contribution in [0.25, 0.3) is 6.08 Å². The number of anilines is 2. The van der Waals surface area contributed by atoms with Gasteiger partial charge in [-0.15, -0.1) is 11.8 Å². The number of ether oxygens (including phenoxy) is 2. The predicted octanol–water partition coefficient (Wildman–Crippen LogP) is 4.94. The summed E-state index contributed by atoms with van der Waals surface area (Å²) in [7, 11) is 3.00. The van der Waals surface area contributed by atoms with Crippen molar-refractivity contribution in [1.82, 2.24) is 5.32 Å². The lowest BCUT2D eigenvalue weighted by atomic mass is 10.1. The maximum atomic E-state index is 13.4. The average Bonchev–Trinajstić information content (AvgIpc) is 3.04. The molecule has 0 saturated carbocycles. The average molecular weight is 611 g/mol. The minimum atomic E-state index is -0.554. The van der Waals surface area contributed by atoms with Crippen molar-refractivity contribution in [1.29, 1.82) is 0 Å². The van der Waals surface area contributed by atoms with Gasteiger partial charge in [0, 0.05) is 33.0 Å². The van der Waals surface area contributed by atoms with Crippen molar-refractivity contribution < 1.29 is 28.7 Å². The van der Waals surface area contributed by atoms with Crippen LogP contribution in [0.15, 0.2) is 108 Å². The Morgan fingerprint density at radius 2 is 1.41 bits per heavy atom. The third kappa shape index (κ3) is 8.49. The normalized spacial score (nSPS) is 10.8. The number of nitrogens with one attached hydrogen (secondary N) is 3. The van der Waals surface area contributed by atoms with Gasteiger partial charge >= 0.3 is 0 Å². The Morgan fingerprint density at radius 1 is 0.750 bits per heavy atom. The molecule has 10 nitrogen and oxygen atoms in total. The molecule has 0 unspecified atom stereocenters. The molecule has 0 heterocycles. The van der Waals surface area contributed by atoms with Gasteiger partial charge in [-0.1, -0.05) is 30.3 Å². The first kappa shape index (κ1) is 31.4. The lowest BCUT2D eigenvalue weighted by molar-refractivity contribution is -0.114. The lowest BCUT2D eigenvalue weighted by Gasteiger charge is -2.14. The number of amides is 4. The number of thioether (sulfide) groups is 1. The van der Waals surface area contributed by atoms with Crippen LogP contribution in [-0.2, 0) is 9.59 Å². The number of methoxy groups -OCH3 is 2. The standard InChI is InChI=1S/C33H30N4O6S/c1-42-28-10-6-9-23(30(28)43-2)19-27(37-32(40)22-7-4-3-5-8-22)33(41)36-25-15-17-26(18-16-25)44-20-29(38)35-24-13-11-21(12-14-24)31(34)39/h3-19H,20H2,1-2H3,(H2,34,39)(H,35,38)(H,36,41)(H,37,40)/b27-19-. The van der Waals surface area contributed by atoms with E-state index >= 15 is 0 Å². The molecule has 5 N–H and O–H groups in total. The highest BCUT2D eigenvalue weighted by molar-refractivity contribution is 8.00. The highest BCUT2D eigenvalue weighted by Crippen LogP contribution is 2.32. The summed E-state index contributed by atoms with van der Waals surface area (Å²) >= 11 is 1.31. The van der Waals surface area contributed by atoms with Crippen molar-refractivity contribution >= 4 is 52.8 Å². The molecule has 0 aromatic heterocycles. The second-order valence-electron chi connectivity index (χ2n) is 9.22. The van der Waals surface area contributed by atoms with Crippen LogP contribution in [0.5, 0.6) is 11.5 Å². The van der Waals surface area contributed by atoms with E-state index in [2.05, 4.69) is 16.0 Å². The number of primary amides is 1. The molecule has 0 aliphatic heterocycles. The van der Waals surface area contributed by atoms with E-state index in [-0.39, 0.29) is 17.4 Å². The third-order valence-electron chi connectivity index (χ3n) is 6.20. The summed E-state index contributed by atoms with van der Waals surface area (Å²) in [6, 6.07) is 27.0. The van der Waals surface area contributed by atoms with Crippen molar-refractivity contribution in [2.75, 3.05) is 30.6 Å². The van der Waals surface area contributed by atoms with Gasteiger partial charge < -0.3 is 31.2 Å². The first-order valence-electron chi connectivity index (χ1n) is 13.3. The molecule has 4 amide bonds. The van der Waals surface area contributed by atoms with Gasteiger partial charge in [-0.05, 0) is 72.8 Å². The molecule has 4 aromatic carbocycles. The fraction of sp³-hybridized carbons (Fsp3) is 0.0909. The number of hydrogen-bond acceptors (Lipinski definition) is 7. The van der Waals surface area contributed by atoms with E-state index < -0.39 is 17.7 Å². The maximum Gasteiger partial charge on any atom is 0.272 e. The van der Waals surface area contributed by atoms with Crippen molar-refractivity contribution in [2.45, 2.75) is 4.90 Å². The molecule has 44 heavy (non-hydrogen) atoms. The predicted molar refractivity (Wildman–Crippen MR) is 171 cm³/mol. The largest absolute Gasteiger partial charge is 0.493 e. The Morgan fingerprint density at radius 3 is 2.05 bits per heavy atom. The quantitative estimate of drug-likeness (QED) is 0.131. The fourth-order valence-electron chi connectivity index (χ4n) is 4.02. The fourth-order valence-corrected chi connectivity index (χ4v) is 4.72. The van der Waals surface area contributed by atoms with Crippen LogP contribution in [-0.4, -0.2) is 43.6 Å². The molecule has 0 fully saturated rings. The van der Waals surface area contributed by atoms with E-state index in [1.165, 1.54) is 32.1 Å². The monoisotopic (exact) mass is 610 g/mol. The zero-order chi connectivity index (χ0) is 31.5. The van der Waals surface area contributed by atoms with Gasteiger partial charge in [0.25, 0.3) is 11.8 Å². The smallest absolute Gasteiger partial charge is 0.272 e. The van der Waals surface area contributed by atoms with Gasteiger partial charge in [0.15, 0.2) is 11.5 Å². The summed E-state index contributed by atoms with van der Waals surface area (Å²) in [6.07, 6.45) is 1.52. The van der Waals surface area contributed by atoms with Crippen LogP contribution in [0.1, 0.15) is 26.3 Å². The number of rotatable bonds is 12. The summed E-state index contributed by atoms with van der Waals surface area (Å²) < 4.78 is 10.9. The Labute approximate surface area is 258 Å². The third-order valence-corrected chi connectivity index (χ3v) is 7.21. The van der Waals surface area contributed by atoms with Gasteiger partial charge in [-0.3, -0.25) is 19.2 Å². The minimum absolute atomic E-state index is 0.00982. The second-order valence-corrected chi connectivity index (χ2v) is 10.3. The van der Waals surface area contributed by atoms with Crippen molar-refractivity contribution in [3.05, 3.63) is 119 Å². The number of carbonyl (C=O) groups excluding carboxylic acids is 4. The molecule has 0 spiro atoms. The van der Waals surface area contributed by atoms with Crippen molar-refractivity contribution in [3.8, 4) is 11.5 Å². The van der Waals surface area contributed by atoms with Gasteiger partial charge in [-0.25, -0.2) is 0 Å². The van der Waals surface area contributed by atoms with Crippen LogP contribution < -0.4 is 31.2 Å². The number of hydrogen-bond donors (Lipinski definition) is 4. The van der Waals surface area contributed by atoms with Gasteiger partial charge in [-0.2, -0.15) is 0 Å². The van der Waals surface area contributed by atoms with E-state index in [0.717, 1.165) is 4.90 Å². The van der Waals surface area contributed by atoms with Crippen molar-refractivity contribution in [3.63, 3.8) is 0 Å². The van der Waals surface area contributed by atoms with E-state index in [1.54, 1.807) is 97.1 Å². The number of benzene rings is 4. The summed E-state index contributed by atoms with van der Waals surface area (Å²) in [4.78, 5) is 50.8. The van der Waals surface area contributed by atoms with Crippen LogP contribution in [0.4, 0.5) is 11.4 Å². The summed E-state index contributed by atoms with van der Waals surface area (Å²) in [6.45, 7) is 0. The van der Waals surface area contributed by atoms with Gasteiger partial charge in [0.05, 0.1) is 20.0 Å². The molecule has 0 aliphatic rings. The van der Waals surface area contributed by atoms with Crippen LogP contribution >= 0.6 is 11.8 Å². The van der Waals surface area contributed by atoms with E-state index in [0.29, 0.717) is 39.6 Å². The van der Waals surface area contributed by atoms with E-state index in [9.17, 15) is 19.2 Å². The molecule has 224 valence electrons. The first-order valence-corrected chi connectivity index (χ1v) is 14.3. The molecule has 0 saturated heterocycles. The molecule has 0 bridgehead atoms. The molecular formula is C33H30N4O6S. The van der Waals surface area contributed by atoms with Gasteiger partial charge in [0.2, 0.25) is 11.8 Å². The Hall–Kier alpha value is -5.55. The Bertz CT molecular complexity index is 1670. The molecule has 4 aromatic rings. The van der Waals surface area contributed by atoms with Crippen molar-refractivity contribution in [2.24, 2.45) is 5.73 Å². The lowest BCUT2D eigenvalue weighted by Crippen LogP contribution is -2.30. The maximum absolute atomic E-state index is 13.4. The zero-order valence-electron chi connectivity index (χ0n) is 24.0. The highest BCUT2D eigenvalue weighted by atomic mass is 32.2. The molecule has 0 aliphatic carbocycles. The van der Waals surface area contributed by atoms with Crippen LogP contribution in [0.2, 0.25) is 0 Å². The Kier molecular flexibility index (Phi) is 10.8. The SMILES string of the molecule is COc1cccc(/C=C(\NC(=O)c2ccccc2)C(=O)Nc2ccc(SCC(=O)Nc3ccc(C(N)=O)cc3)cc2)c1OC. The molecule has 4 rings (SSSR count). The zero-order valence-corrected chi connectivity index (χ0v) is 24.8. The first-order chi connectivity index (χ1) is 21.3. The second kappa shape index (κ2) is 15.1. The number of nitrogens with two attached hydrogens (primary N) is 1. The molecular weight excluding hydrogens is 580 g/mol. The summed E-state index contributed by atoms with van der Waals surface area (Å²) in [5.74, 6) is -0.760. The topological polar surface area (TPSA) is 149 Å². The minimum Gasteiger partial charge on any atom is -0.493 e. The molecule has 0 radical (unpaired) electrons. The Balaban J connectivity index is 1.44.